The maximum Gasteiger partial charge on any atom is 0.410 e. The maximum atomic E-state index is 13.6. The first-order valence-electron chi connectivity index (χ1n) is 8.44. The third kappa shape index (κ3) is 3.37. The minimum Gasteiger partial charge on any atom is -0.467 e. The Morgan fingerprint density at radius 1 is 1.43 bits per heavy atom. The highest BCUT2D eigenvalue weighted by atomic mass is 32.1. The summed E-state index contributed by atoms with van der Waals surface area (Å²) in [5, 5.41) is 9.84. The zero-order chi connectivity index (χ0) is 20.1. The van der Waals surface area contributed by atoms with Crippen molar-refractivity contribution in [1.82, 2.24) is 14.8 Å². The highest BCUT2D eigenvalue weighted by Gasteiger charge is 2.47. The van der Waals surface area contributed by atoms with Crippen molar-refractivity contribution in [2.75, 3.05) is 10.6 Å². The highest BCUT2D eigenvalue weighted by molar-refractivity contribution is 7.15. The number of anilines is 2. The molecule has 0 unspecified atom stereocenters. The number of carbonyl (C=O) groups excluding carboxylic acids is 1. The molecule has 1 aliphatic heterocycles. The third-order valence-corrected chi connectivity index (χ3v) is 5.55. The average Bonchev–Trinajstić information content (AvgIpc) is 3.33. The second-order valence-electron chi connectivity index (χ2n) is 6.48. The molecule has 2 atom stereocenters. The zero-order valence-electron chi connectivity index (χ0n) is 14.9. The molecule has 148 valence electrons. The monoisotopic (exact) mass is 411 g/mol. The zero-order valence-corrected chi connectivity index (χ0v) is 15.7. The minimum atomic E-state index is -4.52. The van der Waals surface area contributed by atoms with E-state index in [2.05, 4.69) is 20.7 Å². The van der Waals surface area contributed by atoms with Gasteiger partial charge in [0.15, 0.2) is 16.9 Å². The Morgan fingerprint density at radius 3 is 2.82 bits per heavy atom. The van der Waals surface area contributed by atoms with Gasteiger partial charge in [-0.05, 0) is 26.0 Å². The van der Waals surface area contributed by atoms with E-state index in [1.165, 1.54) is 23.7 Å². The van der Waals surface area contributed by atoms with Crippen molar-refractivity contribution in [1.29, 1.82) is 0 Å². The Morgan fingerprint density at radius 2 is 2.21 bits per heavy atom. The van der Waals surface area contributed by atoms with E-state index in [9.17, 15) is 18.0 Å². The normalized spacial score (nSPS) is 19.2. The lowest BCUT2D eigenvalue weighted by molar-refractivity contribution is -0.174. The lowest BCUT2D eigenvalue weighted by atomic mass is 10.0. The number of rotatable bonds is 3. The summed E-state index contributed by atoms with van der Waals surface area (Å²) in [5.74, 6) is -0.124. The quantitative estimate of drug-likeness (QED) is 0.665. The lowest BCUT2D eigenvalue weighted by Crippen LogP contribution is -2.35. The highest BCUT2D eigenvalue weighted by Crippen LogP contribution is 2.43. The first-order valence-corrected chi connectivity index (χ1v) is 9.25. The van der Waals surface area contributed by atoms with Crippen LogP contribution >= 0.6 is 11.3 Å². The van der Waals surface area contributed by atoms with Gasteiger partial charge >= 0.3 is 6.18 Å². The molecule has 11 heteroatoms. The minimum absolute atomic E-state index is 0.103. The predicted molar refractivity (Wildman–Crippen MR) is 96.5 cm³/mol. The third-order valence-electron chi connectivity index (χ3n) is 4.56. The summed E-state index contributed by atoms with van der Waals surface area (Å²) in [6.07, 6.45) is -3.41. The average molecular weight is 411 g/mol. The van der Waals surface area contributed by atoms with Crippen LogP contribution in [0.3, 0.4) is 0 Å². The van der Waals surface area contributed by atoms with Crippen LogP contribution < -0.4 is 10.6 Å². The van der Waals surface area contributed by atoms with E-state index < -0.39 is 24.2 Å². The molecule has 1 amide bonds. The maximum absolute atomic E-state index is 13.6. The van der Waals surface area contributed by atoms with Gasteiger partial charge in [0, 0.05) is 17.4 Å². The number of aromatic nitrogens is 3. The topological polar surface area (TPSA) is 85.0 Å². The van der Waals surface area contributed by atoms with E-state index in [4.69, 9.17) is 4.42 Å². The van der Waals surface area contributed by atoms with Crippen molar-refractivity contribution in [2.24, 2.45) is 0 Å². The van der Waals surface area contributed by atoms with Crippen molar-refractivity contribution in [3.8, 4) is 0 Å². The number of fused-ring (bicyclic) bond motifs is 1. The lowest BCUT2D eigenvalue weighted by Gasteiger charge is -2.32. The van der Waals surface area contributed by atoms with Gasteiger partial charge in [-0.2, -0.15) is 18.3 Å². The molecule has 0 saturated heterocycles. The number of aryl methyl sites for hydroxylation is 2. The van der Waals surface area contributed by atoms with Gasteiger partial charge in [0.1, 0.15) is 11.6 Å². The molecule has 0 spiro atoms. The summed E-state index contributed by atoms with van der Waals surface area (Å²) in [4.78, 5) is 17.6. The van der Waals surface area contributed by atoms with E-state index in [0.717, 1.165) is 15.3 Å². The Kier molecular flexibility index (Phi) is 4.41. The summed E-state index contributed by atoms with van der Waals surface area (Å²) in [7, 11) is 0. The number of alkyl halides is 3. The molecular weight excluding hydrogens is 395 g/mol. The molecule has 0 aromatic carbocycles. The fraction of sp³-hybridized carbons (Fsp3) is 0.353. The van der Waals surface area contributed by atoms with E-state index in [0.29, 0.717) is 10.9 Å². The number of thiazole rings is 1. The second-order valence-corrected chi connectivity index (χ2v) is 7.68. The van der Waals surface area contributed by atoms with Gasteiger partial charge in [-0.1, -0.05) is 0 Å². The largest absolute Gasteiger partial charge is 0.467 e. The Bertz CT molecular complexity index is 989. The smallest absolute Gasteiger partial charge is 0.410 e. The van der Waals surface area contributed by atoms with Crippen LogP contribution in [0.4, 0.5) is 24.1 Å². The first-order chi connectivity index (χ1) is 13.2. The first kappa shape index (κ1) is 18.5. The molecule has 2 N–H and O–H groups in total. The van der Waals surface area contributed by atoms with Gasteiger partial charge in [0.2, 0.25) is 0 Å². The van der Waals surface area contributed by atoms with Crippen LogP contribution in [0.2, 0.25) is 0 Å². The van der Waals surface area contributed by atoms with Crippen LogP contribution in [0.5, 0.6) is 0 Å². The standard InChI is InChI=1S/C17H16F3N5O2S/c1-8-9(2)28-16(21-8)23-15(26)11-7-14-22-10(12-4-3-5-27-12)6-13(17(18,19)20)25(14)24-11/h3-5,7,10,13,22H,6H2,1-2H3,(H,21,23,26)/t10-,13-/m0/s1. The van der Waals surface area contributed by atoms with Gasteiger partial charge in [-0.3, -0.25) is 10.1 Å². The van der Waals surface area contributed by atoms with Crippen LogP contribution in [0.15, 0.2) is 28.9 Å². The van der Waals surface area contributed by atoms with Crippen molar-refractivity contribution < 1.29 is 22.4 Å². The molecule has 0 aliphatic carbocycles. The molecule has 4 rings (SSSR count). The van der Waals surface area contributed by atoms with E-state index in [-0.39, 0.29) is 17.9 Å². The summed E-state index contributed by atoms with van der Waals surface area (Å²) < 4.78 is 46.9. The SMILES string of the molecule is Cc1nc(NC(=O)c2cc3n(n2)[C@H](C(F)(F)F)C[C@@H](c2ccco2)N3)sc1C. The van der Waals surface area contributed by atoms with Gasteiger partial charge in [0.25, 0.3) is 5.91 Å². The molecule has 28 heavy (non-hydrogen) atoms. The van der Waals surface area contributed by atoms with Crippen LogP contribution in [0.1, 0.15) is 45.3 Å². The number of nitrogens with one attached hydrogen (secondary N) is 2. The van der Waals surface area contributed by atoms with Gasteiger partial charge in [0.05, 0.1) is 18.0 Å². The fourth-order valence-corrected chi connectivity index (χ4v) is 3.86. The number of carbonyl (C=O) groups is 1. The van der Waals surface area contributed by atoms with E-state index >= 15 is 0 Å². The number of amides is 1. The summed E-state index contributed by atoms with van der Waals surface area (Å²) in [6.45, 7) is 3.67. The van der Waals surface area contributed by atoms with Crippen LogP contribution in [-0.4, -0.2) is 26.8 Å². The van der Waals surface area contributed by atoms with Crippen LogP contribution in [-0.2, 0) is 0 Å². The summed E-state index contributed by atoms with van der Waals surface area (Å²) >= 11 is 1.29. The van der Waals surface area contributed by atoms with Gasteiger partial charge in [-0.25, -0.2) is 9.67 Å². The molecular formula is C17H16F3N5O2S. The number of hydrogen-bond donors (Lipinski definition) is 2. The second kappa shape index (κ2) is 6.66. The number of furan rings is 1. The van der Waals surface area contributed by atoms with Gasteiger partial charge < -0.3 is 9.73 Å². The number of hydrogen-bond acceptors (Lipinski definition) is 6. The predicted octanol–water partition coefficient (Wildman–Crippen LogP) is 4.46. The van der Waals surface area contributed by atoms with Crippen molar-refractivity contribution in [3.63, 3.8) is 0 Å². The molecule has 0 fully saturated rings. The molecule has 3 aromatic rings. The molecule has 4 heterocycles. The fourth-order valence-electron chi connectivity index (χ4n) is 3.05. The molecule has 0 bridgehead atoms. The number of halogens is 3. The van der Waals surface area contributed by atoms with Crippen molar-refractivity contribution >= 4 is 28.2 Å². The summed E-state index contributed by atoms with van der Waals surface area (Å²) in [6, 6.07) is 1.98. The van der Waals surface area contributed by atoms with Crippen LogP contribution in [0, 0.1) is 13.8 Å². The molecule has 0 saturated carbocycles. The Balaban J connectivity index is 1.63. The number of nitrogens with zero attached hydrogens (tertiary/aromatic N) is 3. The Labute approximate surface area is 161 Å². The molecule has 3 aromatic heterocycles. The van der Waals surface area contributed by atoms with Crippen molar-refractivity contribution in [3.05, 3.63) is 46.5 Å². The van der Waals surface area contributed by atoms with Crippen molar-refractivity contribution in [2.45, 2.75) is 38.5 Å². The van der Waals surface area contributed by atoms with E-state index in [1.807, 2.05) is 13.8 Å². The Hall–Kier alpha value is -2.82. The molecule has 0 radical (unpaired) electrons. The summed E-state index contributed by atoms with van der Waals surface area (Å²) in [5.41, 5.74) is 0.659. The molecule has 7 nitrogen and oxygen atoms in total. The van der Waals surface area contributed by atoms with Crippen LogP contribution in [0.25, 0.3) is 0 Å². The van der Waals surface area contributed by atoms with Gasteiger partial charge in [-0.15, -0.1) is 11.3 Å². The van der Waals surface area contributed by atoms with E-state index in [1.54, 1.807) is 12.1 Å². The molecule has 1 aliphatic rings.